The third-order valence-corrected chi connectivity index (χ3v) is 5.88. The van der Waals surface area contributed by atoms with Gasteiger partial charge < -0.3 is 0 Å². The van der Waals surface area contributed by atoms with E-state index in [-0.39, 0.29) is 11.8 Å². The topological polar surface area (TPSA) is 34.1 Å². The van der Waals surface area contributed by atoms with E-state index in [9.17, 15) is 9.59 Å². The minimum Gasteiger partial charge on any atom is -0.298 e. The summed E-state index contributed by atoms with van der Waals surface area (Å²) >= 11 is 7.11. The van der Waals surface area contributed by atoms with Crippen molar-refractivity contribution in [3.8, 4) is 0 Å². The molecule has 0 heterocycles. The van der Waals surface area contributed by atoms with E-state index >= 15 is 0 Å². The number of alkyl halides is 2. The molecular formula is C10H10Br2O2. The molecule has 0 aliphatic heterocycles. The Morgan fingerprint density at radius 1 is 1.00 bits per heavy atom. The fraction of sp³-hybridized carbons (Fsp3) is 0.800. The van der Waals surface area contributed by atoms with Crippen LogP contribution in [0.1, 0.15) is 25.7 Å². The number of carbonyl (C=O) groups is 2. The average molecular weight is 322 g/mol. The first-order valence-corrected chi connectivity index (χ1v) is 6.50. The summed E-state index contributed by atoms with van der Waals surface area (Å²) in [5, 5.41) is 0. The molecule has 0 radical (unpaired) electrons. The van der Waals surface area contributed by atoms with E-state index in [1.165, 1.54) is 0 Å². The summed E-state index contributed by atoms with van der Waals surface area (Å²) in [5.41, 5.74) is 0. The van der Waals surface area contributed by atoms with E-state index in [0.717, 1.165) is 6.42 Å². The third kappa shape index (κ3) is 0.967. The number of rotatable bonds is 0. The van der Waals surface area contributed by atoms with Crippen molar-refractivity contribution >= 4 is 43.4 Å². The van der Waals surface area contributed by atoms with Gasteiger partial charge in [0.25, 0.3) is 0 Å². The summed E-state index contributed by atoms with van der Waals surface area (Å²) in [7, 11) is 0. The molecule has 76 valence electrons. The van der Waals surface area contributed by atoms with Crippen LogP contribution >= 0.6 is 31.9 Å². The van der Waals surface area contributed by atoms with E-state index in [2.05, 4.69) is 31.9 Å². The summed E-state index contributed by atoms with van der Waals surface area (Å²) in [5.74, 6) is 0.880. The van der Waals surface area contributed by atoms with Gasteiger partial charge >= 0.3 is 0 Å². The molecule has 4 aliphatic rings. The maximum atomic E-state index is 12.0. The summed E-state index contributed by atoms with van der Waals surface area (Å²) in [4.78, 5) is 23.9. The Balaban J connectivity index is 2.11. The van der Waals surface area contributed by atoms with Crippen LogP contribution in [0.5, 0.6) is 0 Å². The van der Waals surface area contributed by atoms with E-state index in [1.807, 2.05) is 0 Å². The lowest BCUT2D eigenvalue weighted by Crippen LogP contribution is -2.64. The van der Waals surface area contributed by atoms with Crippen LogP contribution in [0.2, 0.25) is 0 Å². The largest absolute Gasteiger partial charge is 0.298 e. The molecule has 4 atom stereocenters. The van der Waals surface area contributed by atoms with Crippen molar-refractivity contribution in [3.05, 3.63) is 0 Å². The summed E-state index contributed by atoms with van der Waals surface area (Å²) in [6, 6.07) is 0. The lowest BCUT2D eigenvalue weighted by atomic mass is 9.55. The number of carbonyl (C=O) groups excluding carboxylic acids is 2. The van der Waals surface area contributed by atoms with Gasteiger partial charge in [0.2, 0.25) is 0 Å². The first-order chi connectivity index (χ1) is 6.45. The van der Waals surface area contributed by atoms with Crippen LogP contribution in [0, 0.1) is 11.8 Å². The highest BCUT2D eigenvalue weighted by Gasteiger charge is 2.65. The summed E-state index contributed by atoms with van der Waals surface area (Å²) in [6.07, 6.45) is 2.87. The molecule has 0 aromatic heterocycles. The maximum absolute atomic E-state index is 12.0. The van der Waals surface area contributed by atoms with Crippen LogP contribution in [0.3, 0.4) is 0 Å². The number of halogens is 2. The first-order valence-electron chi connectivity index (χ1n) is 4.91. The highest BCUT2D eigenvalue weighted by molar-refractivity contribution is 9.11. The van der Waals surface area contributed by atoms with Crippen molar-refractivity contribution in [3.63, 3.8) is 0 Å². The minimum absolute atomic E-state index is 0.110. The number of hydrogen-bond acceptors (Lipinski definition) is 2. The van der Waals surface area contributed by atoms with E-state index < -0.39 is 8.65 Å². The van der Waals surface area contributed by atoms with Crippen molar-refractivity contribution in [1.29, 1.82) is 0 Å². The van der Waals surface area contributed by atoms with Gasteiger partial charge in [0.05, 0.1) is 8.65 Å². The molecule has 0 saturated heterocycles. The summed E-state index contributed by atoms with van der Waals surface area (Å²) in [6.45, 7) is 0. The predicted octanol–water partition coefficient (Wildman–Crippen LogP) is 2.23. The monoisotopic (exact) mass is 320 g/mol. The van der Waals surface area contributed by atoms with E-state index in [0.29, 0.717) is 30.8 Å². The van der Waals surface area contributed by atoms with Gasteiger partial charge in [-0.2, -0.15) is 0 Å². The zero-order valence-electron chi connectivity index (χ0n) is 7.56. The molecular weight excluding hydrogens is 312 g/mol. The molecule has 0 unspecified atom stereocenters. The van der Waals surface area contributed by atoms with Gasteiger partial charge in [0.15, 0.2) is 11.6 Å². The molecule has 0 N–H and O–H groups in total. The van der Waals surface area contributed by atoms with Gasteiger partial charge in [0, 0.05) is 11.8 Å². The number of hydrogen-bond donors (Lipinski definition) is 0. The van der Waals surface area contributed by atoms with Crippen molar-refractivity contribution in [1.82, 2.24) is 0 Å². The van der Waals surface area contributed by atoms with Gasteiger partial charge in [-0.05, 0) is 25.7 Å². The molecule has 4 bridgehead atoms. The average Bonchev–Trinajstić information content (AvgIpc) is 2.06. The van der Waals surface area contributed by atoms with Crippen molar-refractivity contribution in [2.75, 3.05) is 0 Å². The van der Waals surface area contributed by atoms with Crippen LogP contribution in [-0.4, -0.2) is 20.2 Å². The normalized spacial score (nSPS) is 55.6. The molecule has 4 heteroatoms. The zero-order valence-corrected chi connectivity index (χ0v) is 10.7. The van der Waals surface area contributed by atoms with Gasteiger partial charge in [-0.15, -0.1) is 0 Å². The number of Topliss-reactive ketones (excluding diaryl/α,β-unsaturated/α-hetero) is 2. The fourth-order valence-electron chi connectivity index (χ4n) is 3.39. The van der Waals surface area contributed by atoms with Gasteiger partial charge in [-0.25, -0.2) is 0 Å². The molecule has 4 fully saturated rings. The lowest BCUT2D eigenvalue weighted by molar-refractivity contribution is -0.145. The second-order valence-corrected chi connectivity index (χ2v) is 7.91. The molecule has 0 aromatic rings. The molecule has 0 aromatic carbocycles. The molecule has 14 heavy (non-hydrogen) atoms. The molecule has 4 aliphatic carbocycles. The van der Waals surface area contributed by atoms with Crippen LogP contribution in [0.15, 0.2) is 0 Å². The first kappa shape index (κ1) is 9.52. The van der Waals surface area contributed by atoms with Gasteiger partial charge in [-0.3, -0.25) is 9.59 Å². The van der Waals surface area contributed by atoms with Crippen molar-refractivity contribution < 1.29 is 9.59 Å². The Kier molecular flexibility index (Phi) is 1.71. The fourth-order valence-corrected chi connectivity index (χ4v) is 6.15. The maximum Gasteiger partial charge on any atom is 0.152 e. The van der Waals surface area contributed by atoms with E-state index in [1.54, 1.807) is 0 Å². The Bertz CT molecular complexity index is 322. The Morgan fingerprint density at radius 3 is 1.79 bits per heavy atom. The predicted molar refractivity (Wildman–Crippen MR) is 58.8 cm³/mol. The summed E-state index contributed by atoms with van der Waals surface area (Å²) < 4.78 is -0.785. The van der Waals surface area contributed by atoms with Gasteiger partial charge in [0.1, 0.15) is 0 Å². The zero-order chi connectivity index (χ0) is 10.1. The van der Waals surface area contributed by atoms with Crippen molar-refractivity contribution in [2.45, 2.75) is 34.3 Å². The highest BCUT2D eigenvalue weighted by Crippen LogP contribution is 2.60. The molecule has 2 nitrogen and oxygen atoms in total. The second kappa shape index (κ2) is 2.51. The Morgan fingerprint density at radius 2 is 1.43 bits per heavy atom. The van der Waals surface area contributed by atoms with Crippen LogP contribution < -0.4 is 0 Å². The molecule has 4 saturated carbocycles. The van der Waals surface area contributed by atoms with Gasteiger partial charge in [-0.1, -0.05) is 31.9 Å². The quantitative estimate of drug-likeness (QED) is 0.641. The van der Waals surface area contributed by atoms with Crippen molar-refractivity contribution in [2.24, 2.45) is 11.8 Å². The lowest BCUT2D eigenvalue weighted by Gasteiger charge is -2.55. The third-order valence-electron chi connectivity index (χ3n) is 3.89. The molecule has 0 spiro atoms. The highest BCUT2D eigenvalue weighted by atomic mass is 79.9. The molecule has 4 rings (SSSR count). The molecule has 0 amide bonds. The standard InChI is InChI=1S/C10H10Br2O2/c11-9-2-5-1-6(8(9)14)3-10(12,4-9)7(5)13/h5-6H,1-4H2/t5-,6-,9-,10+/m0/s1. The smallest absolute Gasteiger partial charge is 0.152 e. The van der Waals surface area contributed by atoms with Crippen LogP contribution in [0.4, 0.5) is 0 Å². The Labute approximate surface area is 99.1 Å². The minimum atomic E-state index is -0.393. The van der Waals surface area contributed by atoms with E-state index in [4.69, 9.17) is 0 Å². The second-order valence-electron chi connectivity index (χ2n) is 4.87. The SMILES string of the molecule is O=C1[C@H]2C[C@H]3C[C@@]1(Br)C[C@@](Br)(C2)C3=O. The number of ketones is 2. The van der Waals surface area contributed by atoms with Crippen LogP contribution in [0.25, 0.3) is 0 Å². The van der Waals surface area contributed by atoms with Crippen LogP contribution in [-0.2, 0) is 9.59 Å². The Hall–Kier alpha value is 0.300.